The number of hydrogen-bond acceptors (Lipinski definition) is 6. The molecule has 0 aliphatic carbocycles. The van der Waals surface area contributed by atoms with Crippen LogP contribution in [0.15, 0.2) is 12.7 Å². The van der Waals surface area contributed by atoms with Gasteiger partial charge in [-0.1, -0.05) is 0 Å². The van der Waals surface area contributed by atoms with E-state index in [2.05, 4.69) is 19.9 Å². The molecule has 1 aliphatic heterocycles. The molecule has 3 heterocycles. The average Bonchev–Trinajstić information content (AvgIpc) is 3.03. The van der Waals surface area contributed by atoms with E-state index in [1.165, 1.54) is 6.33 Å². The van der Waals surface area contributed by atoms with Crippen molar-refractivity contribution in [2.75, 3.05) is 25.0 Å². The normalized spacial score (nSPS) is 18.2. The number of piperidine rings is 1. The van der Waals surface area contributed by atoms with E-state index in [-0.39, 0.29) is 49.3 Å². The molecule has 25 heavy (non-hydrogen) atoms. The van der Waals surface area contributed by atoms with Gasteiger partial charge in [0.2, 0.25) is 5.91 Å². The van der Waals surface area contributed by atoms with E-state index in [1.807, 2.05) is 23.8 Å². The fraction of sp³-hybridized carbons (Fsp3) is 0.600. The number of rotatable bonds is 4. The number of hydrogen-bond donors (Lipinski definition) is 2. The molecule has 0 radical (unpaired) electrons. The Balaban J connectivity index is 0.00000156. The number of aromatic amines is 1. The summed E-state index contributed by atoms with van der Waals surface area (Å²) in [7, 11) is 1.85. The minimum atomic E-state index is -0.0112. The van der Waals surface area contributed by atoms with Gasteiger partial charge in [0.1, 0.15) is 11.8 Å². The summed E-state index contributed by atoms with van der Waals surface area (Å²) in [5.74, 6) is 0.760. The van der Waals surface area contributed by atoms with Crippen LogP contribution in [0.4, 0.5) is 5.82 Å². The number of H-pyrrole nitrogens is 1. The molecule has 0 bridgehead atoms. The molecular weight excluding hydrogens is 365 g/mol. The van der Waals surface area contributed by atoms with Crippen molar-refractivity contribution >= 4 is 47.7 Å². The van der Waals surface area contributed by atoms with Crippen LogP contribution < -0.4 is 10.6 Å². The largest absolute Gasteiger partial charge is 0.348 e. The summed E-state index contributed by atoms with van der Waals surface area (Å²) in [6.45, 7) is 3.01. The van der Waals surface area contributed by atoms with Crippen molar-refractivity contribution in [1.82, 2.24) is 24.8 Å². The van der Waals surface area contributed by atoms with Crippen LogP contribution in [0.5, 0.6) is 0 Å². The minimum Gasteiger partial charge on any atom is -0.348 e. The van der Waals surface area contributed by atoms with E-state index in [9.17, 15) is 4.79 Å². The van der Waals surface area contributed by atoms with Crippen molar-refractivity contribution in [3.63, 3.8) is 0 Å². The summed E-state index contributed by atoms with van der Waals surface area (Å²) in [6.07, 6.45) is 6.19. The number of halogens is 2. The lowest BCUT2D eigenvalue weighted by Gasteiger charge is -2.38. The summed E-state index contributed by atoms with van der Waals surface area (Å²) in [5, 5.41) is 0. The number of aromatic nitrogens is 4. The van der Waals surface area contributed by atoms with E-state index in [1.54, 1.807) is 6.33 Å². The fourth-order valence-electron chi connectivity index (χ4n) is 3.22. The first-order valence-corrected chi connectivity index (χ1v) is 7.98. The highest BCUT2D eigenvalue weighted by atomic mass is 35.5. The molecule has 10 heteroatoms. The highest BCUT2D eigenvalue weighted by molar-refractivity contribution is 5.87. The zero-order chi connectivity index (χ0) is 16.4. The highest BCUT2D eigenvalue weighted by Crippen LogP contribution is 2.21. The molecule has 1 fully saturated rings. The molecule has 1 saturated heterocycles. The summed E-state index contributed by atoms with van der Waals surface area (Å²) in [4.78, 5) is 32.0. The predicted octanol–water partition coefficient (Wildman–Crippen LogP) is 1.36. The molecule has 3 N–H and O–H groups in total. The Hall–Kier alpha value is -1.64. The van der Waals surface area contributed by atoms with Crippen molar-refractivity contribution in [3.8, 4) is 0 Å². The maximum atomic E-state index is 12.7. The molecule has 1 amide bonds. The smallest absolute Gasteiger partial charge is 0.242 e. The molecule has 2 aromatic heterocycles. The number of carbonyl (C=O) groups excluding carboxylic acids is 1. The Morgan fingerprint density at radius 1 is 1.40 bits per heavy atom. The first kappa shape index (κ1) is 21.4. The van der Waals surface area contributed by atoms with Gasteiger partial charge in [-0.05, 0) is 26.2 Å². The van der Waals surface area contributed by atoms with E-state index in [0.717, 1.165) is 31.3 Å². The van der Waals surface area contributed by atoms with Crippen molar-refractivity contribution in [2.45, 2.75) is 38.3 Å². The van der Waals surface area contributed by atoms with Crippen LogP contribution in [0.3, 0.4) is 0 Å². The van der Waals surface area contributed by atoms with Crippen molar-refractivity contribution < 1.29 is 4.79 Å². The topological polar surface area (TPSA) is 104 Å². The molecule has 0 saturated carbocycles. The number of nitrogens with one attached hydrogen (secondary N) is 1. The molecule has 2 aromatic rings. The molecule has 2 unspecified atom stereocenters. The number of likely N-dealkylation sites (tertiary alicyclic amines) is 1. The molecule has 1 aliphatic rings. The van der Waals surface area contributed by atoms with Gasteiger partial charge in [0.25, 0.3) is 0 Å². The first-order valence-electron chi connectivity index (χ1n) is 7.98. The van der Waals surface area contributed by atoms with Crippen molar-refractivity contribution in [3.05, 3.63) is 12.7 Å². The Kier molecular flexibility index (Phi) is 7.85. The van der Waals surface area contributed by atoms with Crippen LogP contribution in [0.1, 0.15) is 26.2 Å². The van der Waals surface area contributed by atoms with E-state index < -0.39 is 0 Å². The van der Waals surface area contributed by atoms with Crippen LogP contribution >= 0.6 is 24.8 Å². The van der Waals surface area contributed by atoms with Crippen LogP contribution in [-0.2, 0) is 4.79 Å². The Bertz CT molecular complexity index is 693. The molecule has 3 rings (SSSR count). The van der Waals surface area contributed by atoms with Crippen LogP contribution in [0.2, 0.25) is 0 Å². The van der Waals surface area contributed by atoms with Gasteiger partial charge >= 0.3 is 0 Å². The second-order valence-corrected chi connectivity index (χ2v) is 6.16. The number of nitrogens with two attached hydrogens (primary N) is 1. The first-order chi connectivity index (χ1) is 11.1. The van der Waals surface area contributed by atoms with Gasteiger partial charge in [-0.2, -0.15) is 0 Å². The number of likely N-dealkylation sites (N-methyl/N-ethyl adjacent to an activating group) is 1. The molecule has 8 nitrogen and oxygen atoms in total. The van der Waals surface area contributed by atoms with Crippen LogP contribution in [0, 0.1) is 0 Å². The second-order valence-electron chi connectivity index (χ2n) is 6.16. The van der Waals surface area contributed by atoms with Gasteiger partial charge in [0, 0.05) is 25.7 Å². The molecule has 0 aromatic carbocycles. The summed E-state index contributed by atoms with van der Waals surface area (Å²) in [6, 6.07) is 0.116. The third kappa shape index (κ3) is 4.50. The number of imidazole rings is 1. The van der Waals surface area contributed by atoms with Crippen LogP contribution in [-0.4, -0.2) is 63.0 Å². The molecule has 2 atom stereocenters. The standard InChI is InChI=1S/C15H23N7O.2ClH/c1-10(16)11-5-3-4-6-22(11)12(23)7-21(2)15-13-14(18-8-17-13)19-9-20-15;;/h8-11H,3-7,16H2,1-2H3,(H,17,18,19,20);2*1H. The van der Waals surface area contributed by atoms with Crippen molar-refractivity contribution in [2.24, 2.45) is 5.73 Å². The predicted molar refractivity (Wildman–Crippen MR) is 102 cm³/mol. The van der Waals surface area contributed by atoms with Gasteiger partial charge in [-0.15, -0.1) is 24.8 Å². The van der Waals surface area contributed by atoms with Gasteiger partial charge in [0.05, 0.1) is 12.9 Å². The third-order valence-corrected chi connectivity index (χ3v) is 4.41. The van der Waals surface area contributed by atoms with E-state index in [0.29, 0.717) is 11.5 Å². The third-order valence-electron chi connectivity index (χ3n) is 4.41. The lowest BCUT2D eigenvalue weighted by molar-refractivity contribution is -0.133. The Morgan fingerprint density at radius 3 is 2.88 bits per heavy atom. The zero-order valence-electron chi connectivity index (χ0n) is 14.4. The average molecular weight is 390 g/mol. The fourth-order valence-corrected chi connectivity index (χ4v) is 3.22. The summed E-state index contributed by atoms with van der Waals surface area (Å²) >= 11 is 0. The molecular formula is C15H25Cl2N7O. The van der Waals surface area contributed by atoms with E-state index >= 15 is 0 Å². The summed E-state index contributed by atoms with van der Waals surface area (Å²) < 4.78 is 0. The lowest BCUT2D eigenvalue weighted by Crippen LogP contribution is -2.53. The number of fused-ring (bicyclic) bond motifs is 1. The lowest BCUT2D eigenvalue weighted by atomic mass is 9.97. The number of amides is 1. The molecule has 0 spiro atoms. The Morgan fingerprint density at radius 2 is 2.16 bits per heavy atom. The van der Waals surface area contributed by atoms with Gasteiger partial charge in [0.15, 0.2) is 11.5 Å². The quantitative estimate of drug-likeness (QED) is 0.817. The second kappa shape index (κ2) is 9.17. The number of carbonyl (C=O) groups is 1. The van der Waals surface area contributed by atoms with Crippen LogP contribution in [0.25, 0.3) is 11.2 Å². The maximum absolute atomic E-state index is 12.7. The zero-order valence-corrected chi connectivity index (χ0v) is 16.0. The SMILES string of the molecule is CC(N)C1CCCCN1C(=O)CN(C)c1ncnc2nc[nH]c12.Cl.Cl. The van der Waals surface area contributed by atoms with Crippen molar-refractivity contribution in [1.29, 1.82) is 0 Å². The Labute approximate surface area is 159 Å². The maximum Gasteiger partial charge on any atom is 0.242 e. The van der Waals surface area contributed by atoms with Gasteiger partial charge in [-0.25, -0.2) is 15.0 Å². The van der Waals surface area contributed by atoms with E-state index in [4.69, 9.17) is 5.73 Å². The highest BCUT2D eigenvalue weighted by Gasteiger charge is 2.29. The summed E-state index contributed by atoms with van der Waals surface area (Å²) in [5.41, 5.74) is 7.40. The molecule has 140 valence electrons. The monoisotopic (exact) mass is 389 g/mol. The number of anilines is 1. The minimum absolute atomic E-state index is 0. The number of nitrogens with zero attached hydrogens (tertiary/aromatic N) is 5. The van der Waals surface area contributed by atoms with Gasteiger partial charge in [-0.3, -0.25) is 4.79 Å². The van der Waals surface area contributed by atoms with Gasteiger partial charge < -0.3 is 20.5 Å².